The molecule has 0 aliphatic carbocycles. The number of amides is 1. The van der Waals surface area contributed by atoms with Crippen LogP contribution in [0.4, 0.5) is 10.8 Å². The number of fused-ring (bicyclic) bond motifs is 1. The largest absolute Gasteiger partial charge is 0.454 e. The van der Waals surface area contributed by atoms with E-state index in [2.05, 4.69) is 24.1 Å². The standard InChI is InChI=1S/C18H21N3O3S/c1-11-5-12(2)8-21(7-11)17(22)14-9-25-18(20-14)19-13-3-4-15-16(6-13)24-10-23-15/h3-4,6,9,11-12H,5,7-8,10H2,1-2H3,(H,19,20). The summed E-state index contributed by atoms with van der Waals surface area (Å²) in [5.41, 5.74) is 1.37. The van der Waals surface area contributed by atoms with Crippen LogP contribution >= 0.6 is 11.3 Å². The van der Waals surface area contributed by atoms with Crippen LogP contribution in [0.1, 0.15) is 30.8 Å². The zero-order chi connectivity index (χ0) is 17.4. The number of nitrogens with zero attached hydrogens (tertiary/aromatic N) is 2. The van der Waals surface area contributed by atoms with Crippen LogP contribution in [-0.2, 0) is 0 Å². The minimum atomic E-state index is 0.0217. The lowest BCUT2D eigenvalue weighted by atomic mass is 9.92. The number of ether oxygens (including phenoxy) is 2. The first-order valence-electron chi connectivity index (χ1n) is 8.50. The molecule has 0 spiro atoms. The number of piperidine rings is 1. The maximum atomic E-state index is 12.7. The predicted molar refractivity (Wildman–Crippen MR) is 96.8 cm³/mol. The van der Waals surface area contributed by atoms with Crippen LogP contribution in [0.15, 0.2) is 23.6 Å². The van der Waals surface area contributed by atoms with Gasteiger partial charge in [-0.3, -0.25) is 4.79 Å². The zero-order valence-corrected chi connectivity index (χ0v) is 15.1. The number of aromatic nitrogens is 1. The number of likely N-dealkylation sites (tertiary alicyclic amines) is 1. The molecule has 1 saturated heterocycles. The summed E-state index contributed by atoms with van der Waals surface area (Å²) in [5, 5.41) is 5.75. The van der Waals surface area contributed by atoms with Crippen molar-refractivity contribution in [3.05, 3.63) is 29.3 Å². The van der Waals surface area contributed by atoms with Gasteiger partial charge < -0.3 is 19.7 Å². The average Bonchev–Trinajstić information content (AvgIpc) is 3.22. The Kier molecular flexibility index (Phi) is 4.25. The fourth-order valence-electron chi connectivity index (χ4n) is 3.52. The highest BCUT2D eigenvalue weighted by Crippen LogP contribution is 2.35. The molecule has 6 nitrogen and oxygen atoms in total. The van der Waals surface area contributed by atoms with E-state index in [9.17, 15) is 4.79 Å². The number of nitrogens with one attached hydrogen (secondary N) is 1. The van der Waals surface area contributed by atoms with Gasteiger partial charge in [-0.25, -0.2) is 4.98 Å². The van der Waals surface area contributed by atoms with E-state index in [1.165, 1.54) is 17.8 Å². The van der Waals surface area contributed by atoms with Crippen molar-refractivity contribution >= 4 is 28.1 Å². The molecule has 0 radical (unpaired) electrons. The molecule has 2 aliphatic rings. The summed E-state index contributed by atoms with van der Waals surface area (Å²) >= 11 is 1.43. The Morgan fingerprint density at radius 2 is 2.00 bits per heavy atom. The Balaban J connectivity index is 1.45. The second-order valence-electron chi connectivity index (χ2n) is 6.89. The molecule has 2 aromatic rings. The number of benzene rings is 1. The number of hydrogen-bond donors (Lipinski definition) is 1. The summed E-state index contributed by atoms with van der Waals surface area (Å²) in [6, 6.07) is 5.64. The molecular weight excluding hydrogens is 338 g/mol. The first-order valence-corrected chi connectivity index (χ1v) is 9.38. The SMILES string of the molecule is CC1CC(C)CN(C(=O)c2csc(Nc3ccc4c(c3)OCO4)n2)C1. The van der Waals surface area contributed by atoms with Crippen molar-refractivity contribution in [3.8, 4) is 11.5 Å². The van der Waals surface area contributed by atoms with Gasteiger partial charge in [0.1, 0.15) is 5.69 Å². The van der Waals surface area contributed by atoms with Crippen LogP contribution in [0, 0.1) is 11.8 Å². The number of hydrogen-bond acceptors (Lipinski definition) is 6. The normalized spacial score (nSPS) is 22.1. The lowest BCUT2D eigenvalue weighted by Gasteiger charge is -2.34. The van der Waals surface area contributed by atoms with Crippen LogP contribution in [0.25, 0.3) is 0 Å². The molecule has 0 bridgehead atoms. The molecule has 2 atom stereocenters. The molecule has 1 aromatic heterocycles. The van der Waals surface area contributed by atoms with Gasteiger partial charge in [-0.2, -0.15) is 0 Å². The molecule has 0 saturated carbocycles. The topological polar surface area (TPSA) is 63.7 Å². The number of anilines is 2. The Morgan fingerprint density at radius 3 is 2.80 bits per heavy atom. The van der Waals surface area contributed by atoms with E-state index in [1.807, 2.05) is 28.5 Å². The molecule has 1 aromatic carbocycles. The highest BCUT2D eigenvalue weighted by atomic mass is 32.1. The van der Waals surface area contributed by atoms with Gasteiger partial charge >= 0.3 is 0 Å². The second kappa shape index (κ2) is 6.55. The molecule has 25 heavy (non-hydrogen) atoms. The van der Waals surface area contributed by atoms with E-state index in [0.717, 1.165) is 24.5 Å². The highest BCUT2D eigenvalue weighted by Gasteiger charge is 2.27. The molecule has 3 heterocycles. The van der Waals surface area contributed by atoms with Gasteiger partial charge in [0, 0.05) is 30.2 Å². The number of carbonyl (C=O) groups is 1. The molecule has 132 valence electrons. The number of carbonyl (C=O) groups excluding carboxylic acids is 1. The van der Waals surface area contributed by atoms with Gasteiger partial charge in [0.15, 0.2) is 16.6 Å². The fourth-order valence-corrected chi connectivity index (χ4v) is 4.22. The Morgan fingerprint density at radius 1 is 1.24 bits per heavy atom. The predicted octanol–water partition coefficient (Wildman–Crippen LogP) is 3.73. The molecule has 7 heteroatoms. The fraction of sp³-hybridized carbons (Fsp3) is 0.444. The Bertz CT molecular complexity index is 782. The van der Waals surface area contributed by atoms with Crippen molar-refractivity contribution in [1.82, 2.24) is 9.88 Å². The third-order valence-electron chi connectivity index (χ3n) is 4.50. The summed E-state index contributed by atoms with van der Waals surface area (Å²) in [4.78, 5) is 19.1. The average molecular weight is 359 g/mol. The minimum Gasteiger partial charge on any atom is -0.454 e. The van der Waals surface area contributed by atoms with Crippen LogP contribution in [0.5, 0.6) is 11.5 Å². The van der Waals surface area contributed by atoms with Gasteiger partial charge in [-0.05, 0) is 30.4 Å². The van der Waals surface area contributed by atoms with Gasteiger partial charge in [-0.15, -0.1) is 11.3 Å². The second-order valence-corrected chi connectivity index (χ2v) is 7.75. The van der Waals surface area contributed by atoms with E-state index >= 15 is 0 Å². The maximum Gasteiger partial charge on any atom is 0.273 e. The molecule has 1 amide bonds. The minimum absolute atomic E-state index is 0.0217. The van der Waals surface area contributed by atoms with Crippen molar-refractivity contribution in [3.63, 3.8) is 0 Å². The third kappa shape index (κ3) is 3.42. The van der Waals surface area contributed by atoms with E-state index in [4.69, 9.17) is 9.47 Å². The van der Waals surface area contributed by atoms with Gasteiger partial charge in [0.25, 0.3) is 5.91 Å². The quantitative estimate of drug-likeness (QED) is 0.905. The smallest absolute Gasteiger partial charge is 0.273 e. The highest BCUT2D eigenvalue weighted by molar-refractivity contribution is 7.14. The van der Waals surface area contributed by atoms with Gasteiger partial charge in [0.05, 0.1) is 0 Å². The van der Waals surface area contributed by atoms with Crippen LogP contribution < -0.4 is 14.8 Å². The lowest BCUT2D eigenvalue weighted by Crippen LogP contribution is -2.42. The summed E-state index contributed by atoms with van der Waals surface area (Å²) in [5.74, 6) is 2.56. The van der Waals surface area contributed by atoms with Crippen LogP contribution in [0.3, 0.4) is 0 Å². The van der Waals surface area contributed by atoms with Crippen molar-refractivity contribution in [2.45, 2.75) is 20.3 Å². The van der Waals surface area contributed by atoms with Gasteiger partial charge in [0.2, 0.25) is 6.79 Å². The Hall–Kier alpha value is -2.28. The van der Waals surface area contributed by atoms with E-state index in [-0.39, 0.29) is 12.7 Å². The zero-order valence-electron chi connectivity index (χ0n) is 14.3. The number of thiazole rings is 1. The van der Waals surface area contributed by atoms with Crippen LogP contribution in [-0.4, -0.2) is 35.7 Å². The van der Waals surface area contributed by atoms with Crippen molar-refractivity contribution in [2.75, 3.05) is 25.2 Å². The van der Waals surface area contributed by atoms with E-state index in [1.54, 1.807) is 0 Å². The monoisotopic (exact) mass is 359 g/mol. The van der Waals surface area contributed by atoms with Gasteiger partial charge in [-0.1, -0.05) is 13.8 Å². The first kappa shape index (κ1) is 16.2. The summed E-state index contributed by atoms with van der Waals surface area (Å²) < 4.78 is 10.7. The van der Waals surface area contributed by atoms with Crippen molar-refractivity contribution < 1.29 is 14.3 Å². The summed E-state index contributed by atoms with van der Waals surface area (Å²) in [6.07, 6.45) is 1.18. The molecular formula is C18H21N3O3S. The Labute approximate surface area is 150 Å². The van der Waals surface area contributed by atoms with E-state index < -0.39 is 0 Å². The number of rotatable bonds is 3. The molecule has 4 rings (SSSR count). The third-order valence-corrected chi connectivity index (χ3v) is 5.26. The van der Waals surface area contributed by atoms with E-state index in [0.29, 0.717) is 28.4 Å². The van der Waals surface area contributed by atoms with Crippen LogP contribution in [0.2, 0.25) is 0 Å². The lowest BCUT2D eigenvalue weighted by molar-refractivity contribution is 0.0618. The summed E-state index contributed by atoms with van der Waals surface area (Å²) in [7, 11) is 0. The summed E-state index contributed by atoms with van der Waals surface area (Å²) in [6.45, 7) is 6.27. The molecule has 2 unspecified atom stereocenters. The first-order chi connectivity index (χ1) is 12.1. The van der Waals surface area contributed by atoms with Crippen molar-refractivity contribution in [1.29, 1.82) is 0 Å². The molecule has 1 N–H and O–H groups in total. The maximum absolute atomic E-state index is 12.7. The molecule has 2 aliphatic heterocycles. The van der Waals surface area contributed by atoms with Crippen molar-refractivity contribution in [2.24, 2.45) is 11.8 Å². The molecule has 1 fully saturated rings.